The molecule has 110 valence electrons. The summed E-state index contributed by atoms with van der Waals surface area (Å²) in [5.41, 5.74) is 2.08. The number of hydrogen-bond acceptors (Lipinski definition) is 4. The van der Waals surface area contributed by atoms with E-state index in [9.17, 15) is 10.1 Å². The first kappa shape index (κ1) is 15.4. The Morgan fingerprint density at radius 3 is 2.62 bits per heavy atom. The molecule has 0 saturated carbocycles. The number of rotatable bonds is 7. The highest BCUT2D eigenvalue weighted by molar-refractivity contribution is 7.98. The molecule has 0 aliphatic heterocycles. The van der Waals surface area contributed by atoms with Crippen molar-refractivity contribution in [2.75, 3.05) is 11.9 Å². The highest BCUT2D eigenvalue weighted by atomic mass is 32.2. The van der Waals surface area contributed by atoms with Crippen LogP contribution in [0.3, 0.4) is 0 Å². The maximum Gasteiger partial charge on any atom is 0.269 e. The van der Waals surface area contributed by atoms with Gasteiger partial charge >= 0.3 is 0 Å². The molecule has 4 nitrogen and oxygen atoms in total. The van der Waals surface area contributed by atoms with Gasteiger partial charge in [-0.1, -0.05) is 25.1 Å². The van der Waals surface area contributed by atoms with Crippen molar-refractivity contribution < 1.29 is 4.92 Å². The van der Waals surface area contributed by atoms with Gasteiger partial charge in [0.1, 0.15) is 0 Å². The van der Waals surface area contributed by atoms with Crippen LogP contribution in [0.2, 0.25) is 0 Å². The van der Waals surface area contributed by atoms with Gasteiger partial charge in [0.2, 0.25) is 0 Å². The predicted octanol–water partition coefficient (Wildman–Crippen LogP) is 4.71. The van der Waals surface area contributed by atoms with Crippen LogP contribution in [0.1, 0.15) is 18.9 Å². The van der Waals surface area contributed by atoms with Crippen molar-refractivity contribution in [1.82, 2.24) is 0 Å². The molecule has 0 atom stereocenters. The van der Waals surface area contributed by atoms with Gasteiger partial charge in [0, 0.05) is 35.0 Å². The summed E-state index contributed by atoms with van der Waals surface area (Å²) in [5.74, 6) is 0.706. The van der Waals surface area contributed by atoms with Crippen LogP contribution in [0.15, 0.2) is 53.4 Å². The Balaban J connectivity index is 2.17. The van der Waals surface area contributed by atoms with E-state index in [-0.39, 0.29) is 10.6 Å². The van der Waals surface area contributed by atoms with Crippen molar-refractivity contribution >= 4 is 23.1 Å². The maximum atomic E-state index is 10.9. The largest absolute Gasteiger partial charge is 0.385 e. The molecule has 0 spiro atoms. The van der Waals surface area contributed by atoms with Gasteiger partial charge in [0.05, 0.1) is 4.92 Å². The maximum absolute atomic E-state index is 10.9. The van der Waals surface area contributed by atoms with E-state index in [2.05, 4.69) is 12.2 Å². The van der Waals surface area contributed by atoms with Crippen molar-refractivity contribution in [3.63, 3.8) is 0 Å². The van der Waals surface area contributed by atoms with Crippen molar-refractivity contribution in [3.05, 3.63) is 64.2 Å². The zero-order chi connectivity index (χ0) is 15.1. The van der Waals surface area contributed by atoms with Crippen LogP contribution in [0.5, 0.6) is 0 Å². The second-order valence-corrected chi connectivity index (χ2v) is 5.68. The summed E-state index contributed by atoms with van der Waals surface area (Å²) >= 11 is 1.68. The number of nitro groups is 1. The van der Waals surface area contributed by atoms with Gasteiger partial charge in [-0.15, -0.1) is 11.8 Å². The molecule has 0 radical (unpaired) electrons. The number of nitro benzene ring substituents is 1. The number of benzene rings is 2. The fourth-order valence-corrected chi connectivity index (χ4v) is 2.83. The molecular weight excluding hydrogens is 284 g/mol. The number of non-ortho nitro benzene ring substituents is 1. The first-order valence-corrected chi connectivity index (χ1v) is 7.88. The molecule has 1 N–H and O–H groups in total. The Morgan fingerprint density at radius 2 is 1.95 bits per heavy atom. The number of hydrogen-bond donors (Lipinski definition) is 1. The summed E-state index contributed by atoms with van der Waals surface area (Å²) in [6, 6.07) is 15.1. The SMILES string of the molecule is CCCNc1ccc([N+](=O)[O-])cc1CSc1ccccc1. The van der Waals surface area contributed by atoms with Gasteiger partial charge in [0.15, 0.2) is 0 Å². The molecule has 21 heavy (non-hydrogen) atoms. The summed E-state index contributed by atoms with van der Waals surface area (Å²) in [4.78, 5) is 11.7. The summed E-state index contributed by atoms with van der Waals surface area (Å²) in [6.45, 7) is 2.96. The lowest BCUT2D eigenvalue weighted by Gasteiger charge is -2.11. The number of thioether (sulfide) groups is 1. The van der Waals surface area contributed by atoms with Crippen LogP contribution < -0.4 is 5.32 Å². The third kappa shape index (κ3) is 4.49. The van der Waals surface area contributed by atoms with Crippen LogP contribution in [-0.4, -0.2) is 11.5 Å². The van der Waals surface area contributed by atoms with Crippen LogP contribution >= 0.6 is 11.8 Å². The van der Waals surface area contributed by atoms with Crippen LogP contribution in [0.4, 0.5) is 11.4 Å². The zero-order valence-corrected chi connectivity index (χ0v) is 12.7. The van der Waals surface area contributed by atoms with E-state index < -0.39 is 0 Å². The third-order valence-electron chi connectivity index (χ3n) is 3.00. The Kier molecular flexibility index (Phi) is 5.63. The van der Waals surface area contributed by atoms with Gasteiger partial charge in [-0.2, -0.15) is 0 Å². The lowest BCUT2D eigenvalue weighted by molar-refractivity contribution is -0.384. The van der Waals surface area contributed by atoms with Crippen molar-refractivity contribution in [3.8, 4) is 0 Å². The number of nitrogens with zero attached hydrogens (tertiary/aromatic N) is 1. The van der Waals surface area contributed by atoms with Crippen molar-refractivity contribution in [2.45, 2.75) is 24.0 Å². The van der Waals surface area contributed by atoms with Crippen LogP contribution in [0.25, 0.3) is 0 Å². The highest BCUT2D eigenvalue weighted by Gasteiger charge is 2.11. The number of nitrogens with one attached hydrogen (secondary N) is 1. The van der Waals surface area contributed by atoms with Crippen molar-refractivity contribution in [2.24, 2.45) is 0 Å². The molecule has 2 aromatic carbocycles. The summed E-state index contributed by atoms with van der Waals surface area (Å²) in [7, 11) is 0. The zero-order valence-electron chi connectivity index (χ0n) is 11.9. The topological polar surface area (TPSA) is 55.2 Å². The second kappa shape index (κ2) is 7.69. The molecule has 5 heteroatoms. The Morgan fingerprint density at radius 1 is 1.19 bits per heavy atom. The van der Waals surface area contributed by atoms with E-state index in [4.69, 9.17) is 0 Å². The first-order valence-electron chi connectivity index (χ1n) is 6.89. The fourth-order valence-electron chi connectivity index (χ4n) is 1.92. The van der Waals surface area contributed by atoms with E-state index in [1.807, 2.05) is 30.3 Å². The normalized spacial score (nSPS) is 10.3. The standard InChI is InChI=1S/C16H18N2O2S/c1-2-10-17-16-9-8-14(18(19)20)11-13(16)12-21-15-6-4-3-5-7-15/h3-9,11,17H,2,10,12H2,1H3. The van der Waals surface area contributed by atoms with E-state index in [1.165, 1.54) is 0 Å². The van der Waals surface area contributed by atoms with Gasteiger partial charge in [0.25, 0.3) is 5.69 Å². The van der Waals surface area contributed by atoms with E-state index in [1.54, 1.807) is 30.0 Å². The molecule has 0 aromatic heterocycles. The first-order chi connectivity index (χ1) is 10.2. The molecule has 2 rings (SSSR count). The Bertz CT molecular complexity index is 602. The average Bonchev–Trinajstić information content (AvgIpc) is 2.52. The smallest absolute Gasteiger partial charge is 0.269 e. The molecule has 0 fully saturated rings. The molecule has 0 saturated heterocycles. The van der Waals surface area contributed by atoms with Gasteiger partial charge < -0.3 is 5.32 Å². The van der Waals surface area contributed by atoms with Gasteiger partial charge in [-0.25, -0.2) is 0 Å². The van der Waals surface area contributed by atoms with Crippen molar-refractivity contribution in [1.29, 1.82) is 0 Å². The molecule has 0 heterocycles. The highest BCUT2D eigenvalue weighted by Crippen LogP contribution is 2.29. The minimum atomic E-state index is -0.347. The predicted molar refractivity (Wildman–Crippen MR) is 87.9 cm³/mol. The summed E-state index contributed by atoms with van der Waals surface area (Å²) < 4.78 is 0. The second-order valence-electron chi connectivity index (χ2n) is 4.63. The molecular formula is C16H18N2O2S. The molecule has 2 aromatic rings. The third-order valence-corrected chi connectivity index (χ3v) is 4.06. The minimum Gasteiger partial charge on any atom is -0.385 e. The molecule has 0 aliphatic carbocycles. The number of anilines is 1. The Hall–Kier alpha value is -2.01. The van der Waals surface area contributed by atoms with Crippen LogP contribution in [0, 0.1) is 10.1 Å². The monoisotopic (exact) mass is 302 g/mol. The van der Waals surface area contributed by atoms with E-state index >= 15 is 0 Å². The molecule has 0 unspecified atom stereocenters. The van der Waals surface area contributed by atoms with E-state index in [0.717, 1.165) is 29.1 Å². The van der Waals surface area contributed by atoms with Gasteiger partial charge in [-0.3, -0.25) is 10.1 Å². The van der Waals surface area contributed by atoms with E-state index in [0.29, 0.717) is 5.75 Å². The summed E-state index contributed by atoms with van der Waals surface area (Å²) in [5, 5.41) is 14.3. The van der Waals surface area contributed by atoms with Crippen LogP contribution in [-0.2, 0) is 5.75 Å². The lowest BCUT2D eigenvalue weighted by atomic mass is 10.1. The minimum absolute atomic E-state index is 0.140. The molecule has 0 bridgehead atoms. The summed E-state index contributed by atoms with van der Waals surface area (Å²) in [6.07, 6.45) is 1.02. The molecule has 0 aliphatic rings. The fraction of sp³-hybridized carbons (Fsp3) is 0.250. The quantitative estimate of drug-likeness (QED) is 0.457. The molecule has 0 amide bonds. The average molecular weight is 302 g/mol. The lowest BCUT2D eigenvalue weighted by Crippen LogP contribution is -2.03. The van der Waals surface area contributed by atoms with Gasteiger partial charge in [-0.05, 0) is 30.2 Å². The Labute approximate surface area is 128 Å².